The van der Waals surface area contributed by atoms with Crippen LogP contribution in [0.2, 0.25) is 0 Å². The van der Waals surface area contributed by atoms with Crippen LogP contribution in [0.5, 0.6) is 5.75 Å². The van der Waals surface area contributed by atoms with Gasteiger partial charge in [-0.05, 0) is 81.2 Å². The molecule has 34 heavy (non-hydrogen) atoms. The number of fused-ring (bicyclic) bond motifs is 1. The zero-order valence-corrected chi connectivity index (χ0v) is 20.3. The lowest BCUT2D eigenvalue weighted by atomic mass is 9.91. The molecule has 3 atom stereocenters. The molecule has 0 radical (unpaired) electrons. The molecular weight excluding hydrogens is 426 g/mol. The summed E-state index contributed by atoms with van der Waals surface area (Å²) in [6.45, 7) is 12.1. The monoisotopic (exact) mass is 465 g/mol. The third kappa shape index (κ3) is 5.18. The number of piperidine rings is 1. The molecule has 0 aromatic heterocycles. The maximum Gasteiger partial charge on any atom is 0.224 e. The lowest BCUT2D eigenvalue weighted by Crippen LogP contribution is -2.45. The Kier molecular flexibility index (Phi) is 7.26. The van der Waals surface area contributed by atoms with E-state index >= 15 is 0 Å². The zero-order valence-electron chi connectivity index (χ0n) is 20.3. The van der Waals surface area contributed by atoms with Crippen molar-refractivity contribution in [3.63, 3.8) is 0 Å². The summed E-state index contributed by atoms with van der Waals surface area (Å²) >= 11 is 0. The van der Waals surface area contributed by atoms with Crippen LogP contribution in [0.3, 0.4) is 0 Å². The van der Waals surface area contributed by atoms with Gasteiger partial charge in [0, 0.05) is 49.2 Å². The van der Waals surface area contributed by atoms with Gasteiger partial charge in [0.25, 0.3) is 0 Å². The van der Waals surface area contributed by atoms with Crippen LogP contribution in [0.25, 0.3) is 5.70 Å². The fourth-order valence-electron chi connectivity index (χ4n) is 6.05. The van der Waals surface area contributed by atoms with Gasteiger partial charge in [-0.15, -0.1) is 0 Å². The van der Waals surface area contributed by atoms with Gasteiger partial charge in [0.15, 0.2) is 0 Å². The second-order valence-electron chi connectivity index (χ2n) is 10.4. The number of carbonyl (C=O) groups excluding carboxylic acids is 1. The van der Waals surface area contributed by atoms with Crippen LogP contribution >= 0.6 is 0 Å². The van der Waals surface area contributed by atoms with Gasteiger partial charge in [0.1, 0.15) is 11.9 Å². The SMILES string of the molecule is C=C1NC(=O)CCC1N1Cc2cc(O[C@H]3CCCC[C@@H]3NCCC3CCOCC3)ccc2C1=C. The smallest absolute Gasteiger partial charge is 0.224 e. The highest BCUT2D eigenvalue weighted by Crippen LogP contribution is 2.38. The van der Waals surface area contributed by atoms with E-state index in [1.165, 1.54) is 49.7 Å². The summed E-state index contributed by atoms with van der Waals surface area (Å²) in [6.07, 6.45) is 9.95. The second kappa shape index (κ2) is 10.5. The number of nitrogens with one attached hydrogen (secondary N) is 2. The van der Waals surface area contributed by atoms with Crippen LogP contribution in [-0.4, -0.2) is 48.8 Å². The summed E-state index contributed by atoms with van der Waals surface area (Å²) in [5, 5.41) is 6.73. The van der Waals surface area contributed by atoms with E-state index in [4.69, 9.17) is 9.47 Å². The minimum atomic E-state index is 0.0580. The molecule has 1 amide bonds. The fourth-order valence-corrected chi connectivity index (χ4v) is 6.05. The lowest BCUT2D eigenvalue weighted by Gasteiger charge is -2.34. The predicted molar refractivity (Wildman–Crippen MR) is 134 cm³/mol. The number of benzene rings is 1. The van der Waals surface area contributed by atoms with Crippen molar-refractivity contribution in [3.8, 4) is 5.75 Å². The molecule has 3 heterocycles. The summed E-state index contributed by atoms with van der Waals surface area (Å²) in [7, 11) is 0. The summed E-state index contributed by atoms with van der Waals surface area (Å²) in [4.78, 5) is 14.0. The number of hydrogen-bond donors (Lipinski definition) is 2. The number of nitrogens with zero attached hydrogens (tertiary/aromatic N) is 1. The van der Waals surface area contributed by atoms with Gasteiger partial charge in [0.05, 0.1) is 6.04 Å². The number of hydrogen-bond acceptors (Lipinski definition) is 5. The van der Waals surface area contributed by atoms with E-state index in [2.05, 4.69) is 46.9 Å². The van der Waals surface area contributed by atoms with E-state index < -0.39 is 0 Å². The first kappa shape index (κ1) is 23.4. The molecule has 0 spiro atoms. The first-order valence-electron chi connectivity index (χ1n) is 13.1. The van der Waals surface area contributed by atoms with E-state index in [0.717, 1.165) is 62.2 Å². The van der Waals surface area contributed by atoms with Crippen LogP contribution < -0.4 is 15.4 Å². The Balaban J connectivity index is 1.19. The number of rotatable bonds is 7. The standard InChI is InChI=1S/C28H39N3O3/c1-19-26(9-10-28(32)30-19)31-18-22-17-23(7-8-24(22)20(31)2)34-27-6-4-3-5-25(27)29-14-11-21-12-15-33-16-13-21/h7-8,17,21,25-27,29H,1-6,9-16,18H2,(H,30,32)/t25-,26?,27-/m0/s1. The van der Waals surface area contributed by atoms with Crippen LogP contribution in [0.1, 0.15) is 68.9 Å². The molecule has 5 rings (SSSR count). The molecule has 1 unspecified atom stereocenters. The number of ether oxygens (including phenoxy) is 2. The first-order chi connectivity index (χ1) is 16.6. The van der Waals surface area contributed by atoms with Gasteiger partial charge in [-0.25, -0.2) is 0 Å². The largest absolute Gasteiger partial charge is 0.489 e. The Morgan fingerprint density at radius 2 is 1.94 bits per heavy atom. The van der Waals surface area contributed by atoms with Crippen LogP contribution in [0.4, 0.5) is 0 Å². The van der Waals surface area contributed by atoms with Crippen molar-refractivity contribution < 1.29 is 14.3 Å². The van der Waals surface area contributed by atoms with Gasteiger partial charge in [-0.3, -0.25) is 4.79 Å². The van der Waals surface area contributed by atoms with Crippen LogP contribution in [-0.2, 0) is 16.1 Å². The maximum absolute atomic E-state index is 11.7. The van der Waals surface area contributed by atoms with E-state index in [0.29, 0.717) is 12.5 Å². The van der Waals surface area contributed by atoms with E-state index in [-0.39, 0.29) is 18.1 Å². The molecule has 2 N–H and O–H groups in total. The maximum atomic E-state index is 11.7. The molecule has 1 saturated carbocycles. The molecule has 2 saturated heterocycles. The van der Waals surface area contributed by atoms with Gasteiger partial charge < -0.3 is 25.0 Å². The molecule has 0 bridgehead atoms. The lowest BCUT2D eigenvalue weighted by molar-refractivity contribution is -0.121. The first-order valence-corrected chi connectivity index (χ1v) is 13.1. The quantitative estimate of drug-likeness (QED) is 0.627. The Labute approximate surface area is 203 Å². The molecule has 6 heteroatoms. The van der Waals surface area contributed by atoms with Gasteiger partial charge in [-0.2, -0.15) is 0 Å². The Morgan fingerprint density at radius 1 is 1.12 bits per heavy atom. The van der Waals surface area contributed by atoms with Crippen molar-refractivity contribution in [2.45, 2.75) is 82.5 Å². The Hall–Kier alpha value is -2.31. The zero-order chi connectivity index (χ0) is 23.5. The molecule has 6 nitrogen and oxygen atoms in total. The topological polar surface area (TPSA) is 62.8 Å². The summed E-state index contributed by atoms with van der Waals surface area (Å²) in [6, 6.07) is 6.96. The average Bonchev–Trinajstić information content (AvgIpc) is 3.16. The summed E-state index contributed by atoms with van der Waals surface area (Å²) < 4.78 is 12.1. The van der Waals surface area contributed by atoms with Crippen molar-refractivity contribution in [2.24, 2.45) is 5.92 Å². The van der Waals surface area contributed by atoms with Gasteiger partial charge in [0.2, 0.25) is 5.91 Å². The average molecular weight is 466 g/mol. The molecule has 3 aliphatic heterocycles. The van der Waals surface area contributed by atoms with Crippen molar-refractivity contribution in [1.82, 2.24) is 15.5 Å². The van der Waals surface area contributed by atoms with Crippen LogP contribution in [0, 0.1) is 5.92 Å². The summed E-state index contributed by atoms with van der Waals surface area (Å²) in [5.41, 5.74) is 4.20. The predicted octanol–water partition coefficient (Wildman–Crippen LogP) is 4.36. The van der Waals surface area contributed by atoms with Crippen molar-refractivity contribution in [1.29, 1.82) is 0 Å². The van der Waals surface area contributed by atoms with Gasteiger partial charge >= 0.3 is 0 Å². The summed E-state index contributed by atoms with van der Waals surface area (Å²) in [5.74, 6) is 1.81. The normalized spacial score (nSPS) is 28.1. The molecule has 1 aliphatic carbocycles. The highest BCUT2D eigenvalue weighted by atomic mass is 16.5. The van der Waals surface area contributed by atoms with E-state index in [1.807, 2.05) is 0 Å². The second-order valence-corrected chi connectivity index (χ2v) is 10.4. The molecule has 1 aromatic carbocycles. The van der Waals surface area contributed by atoms with Crippen molar-refractivity contribution >= 4 is 11.6 Å². The minimum Gasteiger partial charge on any atom is -0.489 e. The van der Waals surface area contributed by atoms with Crippen molar-refractivity contribution in [3.05, 3.63) is 48.2 Å². The molecular formula is C28H39N3O3. The number of carbonyl (C=O) groups is 1. The highest BCUT2D eigenvalue weighted by molar-refractivity contribution is 5.80. The van der Waals surface area contributed by atoms with Crippen molar-refractivity contribution in [2.75, 3.05) is 19.8 Å². The third-order valence-electron chi connectivity index (χ3n) is 8.09. The van der Waals surface area contributed by atoms with Crippen LogP contribution in [0.15, 0.2) is 37.1 Å². The van der Waals surface area contributed by atoms with Gasteiger partial charge in [-0.1, -0.05) is 19.6 Å². The molecule has 184 valence electrons. The number of amides is 1. The molecule has 4 aliphatic rings. The Bertz CT molecular complexity index is 923. The highest BCUT2D eigenvalue weighted by Gasteiger charge is 2.34. The third-order valence-corrected chi connectivity index (χ3v) is 8.09. The van der Waals surface area contributed by atoms with E-state index in [9.17, 15) is 4.79 Å². The fraction of sp³-hybridized carbons (Fsp3) is 0.607. The van der Waals surface area contributed by atoms with E-state index in [1.54, 1.807) is 0 Å². The molecule has 3 fully saturated rings. The Morgan fingerprint density at radius 3 is 2.76 bits per heavy atom. The minimum absolute atomic E-state index is 0.0580. The molecule has 1 aromatic rings.